The highest BCUT2D eigenvalue weighted by Crippen LogP contribution is 2.25. The summed E-state index contributed by atoms with van der Waals surface area (Å²) in [5, 5.41) is 3.41. The Morgan fingerprint density at radius 2 is 1.65 bits per heavy atom. The molecule has 1 N–H and O–H groups in total. The van der Waals surface area contributed by atoms with E-state index >= 15 is 0 Å². The molecule has 106 valence electrons. The molecular weight excluding hydrogens is 382 g/mol. The number of halogens is 2. The van der Waals surface area contributed by atoms with Crippen LogP contribution < -0.4 is 10.1 Å². The van der Waals surface area contributed by atoms with E-state index in [1.165, 1.54) is 0 Å². The minimum absolute atomic E-state index is 0.169. The predicted octanol–water partition coefficient (Wildman–Crippen LogP) is 5.61. The molecule has 0 saturated heterocycles. The van der Waals surface area contributed by atoms with E-state index in [0.717, 1.165) is 32.5 Å². The second kappa shape index (κ2) is 7.14. The van der Waals surface area contributed by atoms with Crippen LogP contribution in [-0.2, 0) is 6.54 Å². The molecule has 0 aliphatic heterocycles. The van der Waals surface area contributed by atoms with E-state index in [0.29, 0.717) is 0 Å². The van der Waals surface area contributed by atoms with E-state index in [1.807, 2.05) is 50.2 Å². The first-order chi connectivity index (χ1) is 9.54. The average Bonchev–Trinajstić information content (AvgIpc) is 2.40. The summed E-state index contributed by atoms with van der Waals surface area (Å²) in [5.41, 5.74) is 2.22. The van der Waals surface area contributed by atoms with Crippen LogP contribution in [0, 0.1) is 0 Å². The van der Waals surface area contributed by atoms with Crippen molar-refractivity contribution in [3.05, 3.63) is 57.0 Å². The van der Waals surface area contributed by atoms with Gasteiger partial charge in [0.05, 0.1) is 6.10 Å². The Morgan fingerprint density at radius 1 is 1.00 bits per heavy atom. The second-order valence-electron chi connectivity index (χ2n) is 4.78. The fourth-order valence-corrected chi connectivity index (χ4v) is 2.49. The first-order valence-corrected chi connectivity index (χ1v) is 8.07. The minimum Gasteiger partial charge on any atom is -0.491 e. The van der Waals surface area contributed by atoms with Crippen molar-refractivity contribution >= 4 is 37.5 Å². The summed E-state index contributed by atoms with van der Waals surface area (Å²) in [6.45, 7) is 4.80. The van der Waals surface area contributed by atoms with Crippen molar-refractivity contribution in [1.82, 2.24) is 0 Å². The van der Waals surface area contributed by atoms with Crippen LogP contribution in [0.2, 0.25) is 0 Å². The summed E-state index contributed by atoms with van der Waals surface area (Å²) in [4.78, 5) is 0. The molecule has 0 amide bonds. The van der Waals surface area contributed by atoms with Gasteiger partial charge in [-0.1, -0.05) is 31.9 Å². The topological polar surface area (TPSA) is 21.3 Å². The van der Waals surface area contributed by atoms with Gasteiger partial charge in [0, 0.05) is 26.7 Å². The smallest absolute Gasteiger partial charge is 0.124 e. The summed E-state index contributed by atoms with van der Waals surface area (Å²) in [6, 6.07) is 14.2. The Balaban J connectivity index is 2.11. The van der Waals surface area contributed by atoms with Crippen molar-refractivity contribution in [2.24, 2.45) is 0 Å². The zero-order valence-corrected chi connectivity index (χ0v) is 14.7. The van der Waals surface area contributed by atoms with Gasteiger partial charge in [0.25, 0.3) is 0 Å². The summed E-state index contributed by atoms with van der Waals surface area (Å²) >= 11 is 6.94. The Kier molecular flexibility index (Phi) is 5.49. The van der Waals surface area contributed by atoms with Crippen molar-refractivity contribution in [2.75, 3.05) is 5.32 Å². The second-order valence-corrected chi connectivity index (χ2v) is 6.61. The zero-order valence-electron chi connectivity index (χ0n) is 11.5. The highest BCUT2D eigenvalue weighted by atomic mass is 79.9. The molecule has 0 bridgehead atoms. The first kappa shape index (κ1) is 15.4. The lowest BCUT2D eigenvalue weighted by Gasteiger charge is -2.15. The van der Waals surface area contributed by atoms with Gasteiger partial charge in [-0.3, -0.25) is 0 Å². The van der Waals surface area contributed by atoms with Gasteiger partial charge >= 0.3 is 0 Å². The fourth-order valence-electron chi connectivity index (χ4n) is 1.82. The van der Waals surface area contributed by atoms with Crippen LogP contribution in [0.1, 0.15) is 19.4 Å². The van der Waals surface area contributed by atoms with E-state index < -0.39 is 0 Å². The Hall–Kier alpha value is -1.00. The lowest BCUT2D eigenvalue weighted by Crippen LogP contribution is -2.09. The molecule has 0 spiro atoms. The van der Waals surface area contributed by atoms with Crippen molar-refractivity contribution in [3.63, 3.8) is 0 Å². The molecule has 2 aromatic rings. The van der Waals surface area contributed by atoms with Crippen LogP contribution in [0.25, 0.3) is 0 Å². The molecule has 2 aromatic carbocycles. The normalized spacial score (nSPS) is 10.7. The van der Waals surface area contributed by atoms with Crippen LogP contribution in [0.15, 0.2) is 51.4 Å². The molecule has 2 nitrogen and oxygen atoms in total. The zero-order chi connectivity index (χ0) is 14.5. The molecule has 20 heavy (non-hydrogen) atoms. The van der Waals surface area contributed by atoms with E-state index in [4.69, 9.17) is 4.74 Å². The Morgan fingerprint density at radius 3 is 2.30 bits per heavy atom. The van der Waals surface area contributed by atoms with Crippen LogP contribution in [0.3, 0.4) is 0 Å². The Bertz CT molecular complexity index is 567. The maximum absolute atomic E-state index is 5.84. The van der Waals surface area contributed by atoms with Gasteiger partial charge < -0.3 is 10.1 Å². The van der Waals surface area contributed by atoms with Crippen LogP contribution >= 0.6 is 31.9 Å². The molecule has 0 unspecified atom stereocenters. The molecule has 0 saturated carbocycles. The van der Waals surface area contributed by atoms with Crippen LogP contribution in [0.5, 0.6) is 5.75 Å². The standard InChI is InChI=1S/C16H17Br2NO/c1-11(2)20-16-8-5-14(18)9-12(16)10-19-15-6-3-13(17)4-7-15/h3-9,11,19H,10H2,1-2H3. The predicted molar refractivity (Wildman–Crippen MR) is 91.4 cm³/mol. The number of nitrogens with one attached hydrogen (secondary N) is 1. The number of hydrogen-bond donors (Lipinski definition) is 1. The van der Waals surface area contributed by atoms with Crippen LogP contribution in [0.4, 0.5) is 5.69 Å². The van der Waals surface area contributed by atoms with Crippen molar-refractivity contribution in [2.45, 2.75) is 26.5 Å². The summed E-state index contributed by atoms with van der Waals surface area (Å²) in [6.07, 6.45) is 0.169. The molecule has 0 atom stereocenters. The Labute approximate surface area is 136 Å². The molecule has 4 heteroatoms. The third-order valence-corrected chi connectivity index (χ3v) is 3.73. The number of anilines is 1. The third kappa shape index (κ3) is 4.53. The van der Waals surface area contributed by atoms with Gasteiger partial charge in [0.1, 0.15) is 5.75 Å². The molecule has 0 aliphatic rings. The minimum atomic E-state index is 0.169. The van der Waals surface area contributed by atoms with E-state index in [2.05, 4.69) is 43.2 Å². The van der Waals surface area contributed by atoms with Crippen LogP contribution in [-0.4, -0.2) is 6.10 Å². The summed E-state index contributed by atoms with van der Waals surface area (Å²) in [7, 11) is 0. The number of hydrogen-bond acceptors (Lipinski definition) is 2. The highest BCUT2D eigenvalue weighted by Gasteiger charge is 2.06. The van der Waals surface area contributed by atoms with Gasteiger partial charge in [-0.15, -0.1) is 0 Å². The van der Waals surface area contributed by atoms with E-state index in [1.54, 1.807) is 0 Å². The average molecular weight is 399 g/mol. The maximum atomic E-state index is 5.84. The van der Waals surface area contributed by atoms with E-state index in [9.17, 15) is 0 Å². The molecule has 2 rings (SSSR count). The highest BCUT2D eigenvalue weighted by molar-refractivity contribution is 9.10. The first-order valence-electron chi connectivity index (χ1n) is 6.49. The summed E-state index contributed by atoms with van der Waals surface area (Å²) in [5.74, 6) is 0.924. The number of rotatable bonds is 5. The SMILES string of the molecule is CC(C)Oc1ccc(Br)cc1CNc1ccc(Br)cc1. The molecule has 0 heterocycles. The quantitative estimate of drug-likeness (QED) is 0.706. The molecule has 0 aromatic heterocycles. The molecule has 0 radical (unpaired) electrons. The lowest BCUT2D eigenvalue weighted by molar-refractivity contribution is 0.240. The third-order valence-electron chi connectivity index (χ3n) is 2.71. The van der Waals surface area contributed by atoms with Gasteiger partial charge in [0.2, 0.25) is 0 Å². The number of ether oxygens (including phenoxy) is 1. The monoisotopic (exact) mass is 397 g/mol. The summed E-state index contributed by atoms with van der Waals surface area (Å²) < 4.78 is 7.97. The fraction of sp³-hybridized carbons (Fsp3) is 0.250. The van der Waals surface area contributed by atoms with Crippen molar-refractivity contribution in [3.8, 4) is 5.75 Å². The van der Waals surface area contributed by atoms with E-state index in [-0.39, 0.29) is 6.10 Å². The van der Waals surface area contributed by atoms with Gasteiger partial charge in [0.15, 0.2) is 0 Å². The van der Waals surface area contributed by atoms with Gasteiger partial charge in [-0.25, -0.2) is 0 Å². The maximum Gasteiger partial charge on any atom is 0.124 e. The van der Waals surface area contributed by atoms with Gasteiger partial charge in [-0.2, -0.15) is 0 Å². The van der Waals surface area contributed by atoms with Crippen molar-refractivity contribution < 1.29 is 4.74 Å². The molecule has 0 aliphatic carbocycles. The molecule has 0 fully saturated rings. The van der Waals surface area contributed by atoms with Gasteiger partial charge in [-0.05, 0) is 56.3 Å². The van der Waals surface area contributed by atoms with Crippen molar-refractivity contribution in [1.29, 1.82) is 0 Å². The largest absolute Gasteiger partial charge is 0.491 e. The number of benzene rings is 2. The lowest BCUT2D eigenvalue weighted by atomic mass is 10.2. The molecular formula is C16H17Br2NO.